The number of aromatic nitrogens is 6. The summed E-state index contributed by atoms with van der Waals surface area (Å²) in [5.74, 6) is 1.23. The van der Waals surface area contributed by atoms with Crippen LogP contribution in [-0.2, 0) is 25.9 Å². The molecule has 0 saturated carbocycles. The Morgan fingerprint density at radius 3 is 2.00 bits per heavy atom. The molecule has 0 N–H and O–H groups in total. The molecule has 6 nitrogen and oxygen atoms in total. The highest BCUT2D eigenvalue weighted by molar-refractivity contribution is 5.22. The summed E-state index contributed by atoms with van der Waals surface area (Å²) in [4.78, 5) is 0. The highest BCUT2D eigenvalue weighted by Crippen LogP contribution is 2.28. The summed E-state index contributed by atoms with van der Waals surface area (Å²) in [6, 6.07) is 7.10. The molecular formula is C26H42N6. The molecule has 176 valence electrons. The third kappa shape index (κ3) is 5.33. The fourth-order valence-corrected chi connectivity index (χ4v) is 4.65. The molecule has 0 radical (unpaired) electrons. The van der Waals surface area contributed by atoms with Crippen LogP contribution in [0.3, 0.4) is 0 Å². The van der Waals surface area contributed by atoms with Crippen LogP contribution in [0.2, 0.25) is 0 Å². The smallest absolute Gasteiger partial charge is 0.0634 e. The number of hydrogen-bond acceptors (Lipinski definition) is 3. The zero-order chi connectivity index (χ0) is 23.4. The summed E-state index contributed by atoms with van der Waals surface area (Å²) in [5, 5.41) is 14.4. The van der Waals surface area contributed by atoms with E-state index in [-0.39, 0.29) is 0 Å². The van der Waals surface area contributed by atoms with Gasteiger partial charge in [0.1, 0.15) is 0 Å². The maximum atomic E-state index is 5.02. The monoisotopic (exact) mass is 438 g/mol. The molecule has 6 heteroatoms. The molecular weight excluding hydrogens is 396 g/mol. The van der Waals surface area contributed by atoms with E-state index in [4.69, 9.17) is 10.2 Å². The molecule has 0 saturated heterocycles. The molecule has 0 amide bonds. The van der Waals surface area contributed by atoms with Crippen molar-refractivity contribution >= 4 is 0 Å². The van der Waals surface area contributed by atoms with E-state index < -0.39 is 0 Å². The third-order valence-corrected chi connectivity index (χ3v) is 6.28. The maximum Gasteiger partial charge on any atom is 0.0634 e. The Bertz CT molecular complexity index is 990. The van der Waals surface area contributed by atoms with Gasteiger partial charge in [0.25, 0.3) is 0 Å². The van der Waals surface area contributed by atoms with Crippen LogP contribution in [0.15, 0.2) is 24.4 Å². The van der Waals surface area contributed by atoms with Crippen LogP contribution in [0.25, 0.3) is 0 Å². The number of aryl methyl sites for hydroxylation is 2. The summed E-state index contributed by atoms with van der Waals surface area (Å²) in [6.07, 6.45) is 4.87. The molecule has 0 spiro atoms. The summed E-state index contributed by atoms with van der Waals surface area (Å²) in [5.41, 5.74) is 6.28. The van der Waals surface area contributed by atoms with Crippen molar-refractivity contribution in [2.45, 2.75) is 112 Å². The maximum absolute atomic E-state index is 5.02. The lowest BCUT2D eigenvalue weighted by Gasteiger charge is -2.15. The standard InChI is InChI=1S/C26H42N6/c1-9-13-31-25(18(3)4)16-22(28-31)15-21(8)26-17-23(29-32(26)19(5)6)14-20(7)24-11-12-27-30(24)10-2/h11-12,16-21H,9-10,13-15H2,1-8H3. The molecule has 0 bridgehead atoms. The minimum Gasteiger partial charge on any atom is -0.270 e. The first-order valence-electron chi connectivity index (χ1n) is 12.4. The Morgan fingerprint density at radius 1 is 0.781 bits per heavy atom. The van der Waals surface area contributed by atoms with Gasteiger partial charge in [-0.05, 0) is 64.2 Å². The Balaban J connectivity index is 1.81. The minimum absolute atomic E-state index is 0.335. The normalized spacial score (nSPS) is 13.9. The van der Waals surface area contributed by atoms with Crippen molar-refractivity contribution < 1.29 is 0 Å². The van der Waals surface area contributed by atoms with Crippen molar-refractivity contribution in [3.63, 3.8) is 0 Å². The molecule has 0 aromatic carbocycles. The van der Waals surface area contributed by atoms with Gasteiger partial charge in [-0.3, -0.25) is 14.0 Å². The van der Waals surface area contributed by atoms with Crippen LogP contribution < -0.4 is 0 Å². The SMILES string of the molecule is CCCn1nc(CC(C)c2cc(CC(C)c3ccnn3CC)nn2C(C)C)cc1C(C)C. The Morgan fingerprint density at radius 2 is 1.41 bits per heavy atom. The molecule has 3 aromatic heterocycles. The molecule has 32 heavy (non-hydrogen) atoms. The van der Waals surface area contributed by atoms with Gasteiger partial charge >= 0.3 is 0 Å². The van der Waals surface area contributed by atoms with Gasteiger partial charge in [-0.25, -0.2) is 0 Å². The zero-order valence-corrected chi connectivity index (χ0v) is 21.3. The predicted molar refractivity (Wildman–Crippen MR) is 131 cm³/mol. The van der Waals surface area contributed by atoms with Gasteiger partial charge in [0, 0.05) is 54.2 Å². The lowest BCUT2D eigenvalue weighted by molar-refractivity contribution is 0.481. The second-order valence-corrected chi connectivity index (χ2v) is 9.82. The Hall–Kier alpha value is -2.37. The van der Waals surface area contributed by atoms with E-state index in [1.54, 1.807) is 0 Å². The topological polar surface area (TPSA) is 53.5 Å². The Kier molecular flexibility index (Phi) is 7.96. The van der Waals surface area contributed by atoms with Gasteiger partial charge in [-0.1, -0.05) is 34.6 Å². The van der Waals surface area contributed by atoms with Crippen molar-refractivity contribution in [3.05, 3.63) is 52.9 Å². The molecule has 0 aliphatic rings. The molecule has 3 heterocycles. The lowest BCUT2D eigenvalue weighted by Crippen LogP contribution is -2.12. The summed E-state index contributed by atoms with van der Waals surface area (Å²) < 4.78 is 6.51. The van der Waals surface area contributed by atoms with Crippen molar-refractivity contribution in [1.82, 2.24) is 29.3 Å². The van der Waals surface area contributed by atoms with Crippen LogP contribution in [0, 0.1) is 0 Å². The molecule has 3 aromatic rings. The fourth-order valence-electron chi connectivity index (χ4n) is 4.65. The lowest BCUT2D eigenvalue weighted by atomic mass is 9.98. The molecule has 2 atom stereocenters. The zero-order valence-electron chi connectivity index (χ0n) is 21.3. The van der Waals surface area contributed by atoms with Crippen LogP contribution in [0.5, 0.6) is 0 Å². The van der Waals surface area contributed by atoms with Gasteiger partial charge in [0.05, 0.1) is 11.4 Å². The van der Waals surface area contributed by atoms with E-state index in [0.29, 0.717) is 23.8 Å². The quantitative estimate of drug-likeness (QED) is 0.363. The highest BCUT2D eigenvalue weighted by Gasteiger charge is 2.21. The molecule has 0 fully saturated rings. The van der Waals surface area contributed by atoms with Gasteiger partial charge in [-0.2, -0.15) is 15.3 Å². The first-order chi connectivity index (χ1) is 15.2. The van der Waals surface area contributed by atoms with E-state index in [0.717, 1.165) is 38.0 Å². The Labute approximate surface area is 194 Å². The van der Waals surface area contributed by atoms with E-state index in [9.17, 15) is 0 Å². The molecule has 0 aliphatic heterocycles. The number of nitrogens with zero attached hydrogens (tertiary/aromatic N) is 6. The van der Waals surface area contributed by atoms with Crippen LogP contribution >= 0.6 is 0 Å². The van der Waals surface area contributed by atoms with E-state index in [2.05, 4.69) is 92.7 Å². The van der Waals surface area contributed by atoms with Gasteiger partial charge < -0.3 is 0 Å². The summed E-state index contributed by atoms with van der Waals surface area (Å²) in [6.45, 7) is 19.8. The molecule has 3 rings (SSSR count). The second kappa shape index (κ2) is 10.5. The third-order valence-electron chi connectivity index (χ3n) is 6.28. The largest absolute Gasteiger partial charge is 0.270 e. The molecule has 0 aliphatic carbocycles. The minimum atomic E-state index is 0.335. The number of rotatable bonds is 11. The first-order valence-corrected chi connectivity index (χ1v) is 12.4. The average Bonchev–Trinajstić information content (AvgIpc) is 3.45. The summed E-state index contributed by atoms with van der Waals surface area (Å²) >= 11 is 0. The van der Waals surface area contributed by atoms with Crippen LogP contribution in [0.4, 0.5) is 0 Å². The van der Waals surface area contributed by atoms with Crippen LogP contribution in [0.1, 0.15) is 114 Å². The number of hydrogen-bond donors (Lipinski definition) is 0. The van der Waals surface area contributed by atoms with E-state index in [1.807, 2.05) is 6.20 Å². The summed E-state index contributed by atoms with van der Waals surface area (Å²) in [7, 11) is 0. The van der Waals surface area contributed by atoms with E-state index >= 15 is 0 Å². The molecule has 2 unspecified atom stereocenters. The average molecular weight is 439 g/mol. The predicted octanol–water partition coefficient (Wildman–Crippen LogP) is 6.10. The highest BCUT2D eigenvalue weighted by atomic mass is 15.3. The first kappa shape index (κ1) is 24.3. The van der Waals surface area contributed by atoms with Crippen molar-refractivity contribution in [1.29, 1.82) is 0 Å². The van der Waals surface area contributed by atoms with E-state index in [1.165, 1.54) is 22.8 Å². The second-order valence-electron chi connectivity index (χ2n) is 9.82. The van der Waals surface area contributed by atoms with Gasteiger partial charge in [0.2, 0.25) is 0 Å². The van der Waals surface area contributed by atoms with Crippen molar-refractivity contribution in [2.24, 2.45) is 0 Å². The van der Waals surface area contributed by atoms with Crippen molar-refractivity contribution in [3.8, 4) is 0 Å². The fraction of sp³-hybridized carbons (Fsp3) is 0.654. The van der Waals surface area contributed by atoms with Gasteiger partial charge in [0.15, 0.2) is 0 Å². The van der Waals surface area contributed by atoms with Crippen LogP contribution in [-0.4, -0.2) is 29.3 Å². The van der Waals surface area contributed by atoms with Gasteiger partial charge in [-0.15, -0.1) is 0 Å². The van der Waals surface area contributed by atoms with Crippen molar-refractivity contribution in [2.75, 3.05) is 0 Å².